The standard InChI is InChI=1S/C22H20F3NO7/c1-3-31-20(29)14-9-15(21(30)32-4-2)11-17(10-14)26-18(27)12-33-19(28)13-5-7-16(8-6-13)22(23,24)25/h5-11H,3-4,12H2,1-2H3,(H,26,27). The summed E-state index contributed by atoms with van der Waals surface area (Å²) >= 11 is 0. The molecule has 0 saturated carbocycles. The van der Waals surface area contributed by atoms with E-state index in [-0.39, 0.29) is 35.6 Å². The van der Waals surface area contributed by atoms with Crippen LogP contribution in [0.2, 0.25) is 0 Å². The number of rotatable bonds is 8. The lowest BCUT2D eigenvalue weighted by Gasteiger charge is -2.11. The summed E-state index contributed by atoms with van der Waals surface area (Å²) in [4.78, 5) is 48.3. The van der Waals surface area contributed by atoms with E-state index in [9.17, 15) is 32.3 Å². The highest BCUT2D eigenvalue weighted by molar-refractivity contribution is 6.00. The Morgan fingerprint density at radius 1 is 0.758 bits per heavy atom. The third-order valence-electron chi connectivity index (χ3n) is 4.02. The maximum Gasteiger partial charge on any atom is 0.416 e. The average molecular weight is 467 g/mol. The first-order valence-electron chi connectivity index (χ1n) is 9.68. The monoisotopic (exact) mass is 467 g/mol. The van der Waals surface area contributed by atoms with E-state index in [0.717, 1.165) is 12.1 Å². The van der Waals surface area contributed by atoms with Crippen LogP contribution in [0.25, 0.3) is 0 Å². The van der Waals surface area contributed by atoms with Gasteiger partial charge in [-0.15, -0.1) is 0 Å². The van der Waals surface area contributed by atoms with Gasteiger partial charge in [-0.3, -0.25) is 4.79 Å². The Labute approximate surface area is 186 Å². The zero-order valence-corrected chi connectivity index (χ0v) is 17.7. The molecule has 8 nitrogen and oxygen atoms in total. The summed E-state index contributed by atoms with van der Waals surface area (Å²) in [5.74, 6) is -3.28. The van der Waals surface area contributed by atoms with E-state index in [1.54, 1.807) is 13.8 Å². The molecule has 0 aromatic heterocycles. The number of esters is 3. The molecule has 0 aliphatic heterocycles. The summed E-state index contributed by atoms with van der Waals surface area (Å²) in [5.41, 5.74) is -1.10. The molecular weight excluding hydrogens is 447 g/mol. The molecule has 0 aliphatic rings. The number of amides is 1. The number of ether oxygens (including phenoxy) is 3. The van der Waals surface area contributed by atoms with Crippen LogP contribution in [-0.4, -0.2) is 43.6 Å². The van der Waals surface area contributed by atoms with Gasteiger partial charge >= 0.3 is 24.1 Å². The smallest absolute Gasteiger partial charge is 0.416 e. The lowest BCUT2D eigenvalue weighted by Crippen LogP contribution is -2.21. The number of alkyl halides is 3. The third-order valence-corrected chi connectivity index (χ3v) is 4.02. The molecule has 0 saturated heterocycles. The molecule has 0 heterocycles. The molecule has 0 fully saturated rings. The van der Waals surface area contributed by atoms with E-state index in [4.69, 9.17) is 14.2 Å². The van der Waals surface area contributed by atoms with Gasteiger partial charge in [0, 0.05) is 5.69 Å². The molecule has 176 valence electrons. The molecule has 0 radical (unpaired) electrons. The maximum atomic E-state index is 12.6. The fourth-order valence-corrected chi connectivity index (χ4v) is 2.57. The first-order valence-corrected chi connectivity index (χ1v) is 9.68. The van der Waals surface area contributed by atoms with Gasteiger partial charge < -0.3 is 19.5 Å². The van der Waals surface area contributed by atoms with Crippen LogP contribution in [0.15, 0.2) is 42.5 Å². The number of hydrogen-bond acceptors (Lipinski definition) is 7. The van der Waals surface area contributed by atoms with Crippen LogP contribution in [0.5, 0.6) is 0 Å². The van der Waals surface area contributed by atoms with E-state index in [1.165, 1.54) is 18.2 Å². The fraction of sp³-hybridized carbons (Fsp3) is 0.273. The van der Waals surface area contributed by atoms with Crippen molar-refractivity contribution in [2.24, 2.45) is 0 Å². The molecule has 0 bridgehead atoms. The Morgan fingerprint density at radius 3 is 1.70 bits per heavy atom. The van der Waals surface area contributed by atoms with Gasteiger partial charge in [0.25, 0.3) is 5.91 Å². The first kappa shape index (κ1) is 25.4. The molecule has 0 atom stereocenters. The predicted octanol–water partition coefficient (Wildman–Crippen LogP) is 3.85. The zero-order chi connectivity index (χ0) is 24.6. The van der Waals surface area contributed by atoms with Crippen LogP contribution in [-0.2, 0) is 25.2 Å². The van der Waals surface area contributed by atoms with Gasteiger partial charge in [0.2, 0.25) is 0 Å². The van der Waals surface area contributed by atoms with Crippen molar-refractivity contribution in [1.29, 1.82) is 0 Å². The number of anilines is 1. The molecule has 0 unspecified atom stereocenters. The summed E-state index contributed by atoms with van der Waals surface area (Å²) in [7, 11) is 0. The SMILES string of the molecule is CCOC(=O)c1cc(NC(=O)COC(=O)c2ccc(C(F)(F)F)cc2)cc(C(=O)OCC)c1. The van der Waals surface area contributed by atoms with Gasteiger partial charge in [0.15, 0.2) is 6.61 Å². The van der Waals surface area contributed by atoms with Gasteiger partial charge in [-0.2, -0.15) is 13.2 Å². The lowest BCUT2D eigenvalue weighted by atomic mass is 10.1. The normalized spacial score (nSPS) is 10.8. The molecule has 2 rings (SSSR count). The van der Waals surface area contributed by atoms with Gasteiger partial charge in [0.1, 0.15) is 0 Å². The number of carbonyl (C=O) groups excluding carboxylic acids is 4. The van der Waals surface area contributed by atoms with Crippen molar-refractivity contribution < 1.29 is 46.6 Å². The second kappa shape index (κ2) is 11.1. The van der Waals surface area contributed by atoms with Crippen LogP contribution in [0.1, 0.15) is 50.5 Å². The summed E-state index contributed by atoms with van der Waals surface area (Å²) in [6.45, 7) is 2.61. The minimum atomic E-state index is -4.55. The van der Waals surface area contributed by atoms with Crippen LogP contribution in [0.4, 0.5) is 18.9 Å². The molecule has 33 heavy (non-hydrogen) atoms. The first-order chi connectivity index (χ1) is 15.5. The average Bonchev–Trinajstić information content (AvgIpc) is 2.77. The van der Waals surface area contributed by atoms with Crippen molar-refractivity contribution in [3.05, 3.63) is 64.7 Å². The number of benzene rings is 2. The van der Waals surface area contributed by atoms with Gasteiger partial charge in [0.05, 0.1) is 35.5 Å². The van der Waals surface area contributed by atoms with Crippen molar-refractivity contribution in [3.8, 4) is 0 Å². The fourth-order valence-electron chi connectivity index (χ4n) is 2.57. The summed E-state index contributed by atoms with van der Waals surface area (Å²) in [6.07, 6.45) is -4.55. The highest BCUT2D eigenvalue weighted by atomic mass is 19.4. The van der Waals surface area contributed by atoms with Crippen LogP contribution in [0, 0.1) is 0 Å². The molecule has 0 spiro atoms. The number of carbonyl (C=O) groups is 4. The molecule has 2 aromatic carbocycles. The topological polar surface area (TPSA) is 108 Å². The largest absolute Gasteiger partial charge is 0.462 e. The van der Waals surface area contributed by atoms with Crippen LogP contribution in [0.3, 0.4) is 0 Å². The number of nitrogens with one attached hydrogen (secondary N) is 1. The summed E-state index contributed by atoms with van der Waals surface area (Å²) in [6, 6.07) is 7.06. The van der Waals surface area contributed by atoms with E-state index in [2.05, 4.69) is 5.32 Å². The van der Waals surface area contributed by atoms with E-state index in [1.807, 2.05) is 0 Å². The molecule has 0 aliphatic carbocycles. The minimum Gasteiger partial charge on any atom is -0.462 e. The number of halogens is 3. The Morgan fingerprint density at radius 2 is 1.24 bits per heavy atom. The van der Waals surface area contributed by atoms with Crippen molar-refractivity contribution in [3.63, 3.8) is 0 Å². The second-order valence-electron chi connectivity index (χ2n) is 6.44. The third kappa shape index (κ3) is 7.34. The predicted molar refractivity (Wildman–Crippen MR) is 109 cm³/mol. The van der Waals surface area contributed by atoms with Crippen molar-refractivity contribution >= 4 is 29.5 Å². The van der Waals surface area contributed by atoms with Gasteiger partial charge in [-0.25, -0.2) is 14.4 Å². The Kier molecular flexibility index (Phi) is 8.55. The quantitative estimate of drug-likeness (QED) is 0.464. The number of hydrogen-bond donors (Lipinski definition) is 1. The zero-order valence-electron chi connectivity index (χ0n) is 17.7. The van der Waals surface area contributed by atoms with Gasteiger partial charge in [-0.1, -0.05) is 0 Å². The van der Waals surface area contributed by atoms with Crippen molar-refractivity contribution in [2.45, 2.75) is 20.0 Å². The van der Waals surface area contributed by atoms with Crippen molar-refractivity contribution in [2.75, 3.05) is 25.1 Å². The lowest BCUT2D eigenvalue weighted by molar-refractivity contribution is -0.137. The highest BCUT2D eigenvalue weighted by Crippen LogP contribution is 2.29. The van der Waals surface area contributed by atoms with E-state index >= 15 is 0 Å². The Bertz CT molecular complexity index is 997. The molecule has 1 N–H and O–H groups in total. The van der Waals surface area contributed by atoms with Crippen LogP contribution >= 0.6 is 0 Å². The van der Waals surface area contributed by atoms with Crippen LogP contribution < -0.4 is 5.32 Å². The minimum absolute atomic E-state index is 0.0144. The Hall–Kier alpha value is -3.89. The maximum absolute atomic E-state index is 12.6. The second-order valence-corrected chi connectivity index (χ2v) is 6.44. The Balaban J connectivity index is 2.08. The highest BCUT2D eigenvalue weighted by Gasteiger charge is 2.30. The van der Waals surface area contributed by atoms with Crippen molar-refractivity contribution in [1.82, 2.24) is 0 Å². The molecule has 2 aromatic rings. The molecular formula is C22H20F3NO7. The van der Waals surface area contributed by atoms with Gasteiger partial charge in [-0.05, 0) is 56.3 Å². The summed E-state index contributed by atoms with van der Waals surface area (Å²) < 4.78 is 52.4. The van der Waals surface area contributed by atoms with E-state index in [0.29, 0.717) is 12.1 Å². The molecule has 1 amide bonds. The summed E-state index contributed by atoms with van der Waals surface area (Å²) in [5, 5.41) is 2.37. The molecule has 11 heteroatoms. The van der Waals surface area contributed by atoms with E-state index < -0.39 is 42.2 Å².